The van der Waals surface area contributed by atoms with E-state index in [-0.39, 0.29) is 27.5 Å². The van der Waals surface area contributed by atoms with E-state index in [0.717, 1.165) is 0 Å². The van der Waals surface area contributed by atoms with E-state index >= 15 is 0 Å². The van der Waals surface area contributed by atoms with Gasteiger partial charge in [0.05, 0.1) is 27.8 Å². The summed E-state index contributed by atoms with van der Waals surface area (Å²) in [5.41, 5.74) is 0.452. The first-order valence-corrected chi connectivity index (χ1v) is 6.35. The standard InChI is InChI=1S/C10H6BrClN4O4/c11-8-5-14(13-10(8)16(19)20)4-6-1-2-7(15(17)18)3-9(6)12/h1-3,5H,4H2. The Morgan fingerprint density at radius 3 is 2.50 bits per heavy atom. The lowest BCUT2D eigenvalue weighted by Crippen LogP contribution is -2.02. The fourth-order valence-corrected chi connectivity index (χ4v) is 2.24. The van der Waals surface area contributed by atoms with Crippen LogP contribution in [0.5, 0.6) is 0 Å². The Balaban J connectivity index is 2.28. The molecule has 0 spiro atoms. The first-order valence-electron chi connectivity index (χ1n) is 5.18. The monoisotopic (exact) mass is 360 g/mol. The number of nitro groups is 2. The molecule has 20 heavy (non-hydrogen) atoms. The smallest absolute Gasteiger partial charge is 0.358 e. The normalized spacial score (nSPS) is 10.5. The molecule has 1 aromatic carbocycles. The van der Waals surface area contributed by atoms with Gasteiger partial charge in [-0.15, -0.1) is 0 Å². The van der Waals surface area contributed by atoms with Crippen LogP contribution < -0.4 is 0 Å². The van der Waals surface area contributed by atoms with Crippen LogP contribution in [0, 0.1) is 20.2 Å². The highest BCUT2D eigenvalue weighted by Crippen LogP contribution is 2.26. The molecule has 0 saturated carbocycles. The van der Waals surface area contributed by atoms with Crippen LogP contribution in [0.4, 0.5) is 11.5 Å². The molecule has 0 aliphatic heterocycles. The number of hydrogen-bond acceptors (Lipinski definition) is 5. The molecule has 0 aliphatic rings. The zero-order valence-corrected chi connectivity index (χ0v) is 12.0. The van der Waals surface area contributed by atoms with E-state index in [1.54, 1.807) is 0 Å². The summed E-state index contributed by atoms with van der Waals surface area (Å²) in [5, 5.41) is 25.3. The largest absolute Gasteiger partial charge is 0.404 e. The van der Waals surface area contributed by atoms with Gasteiger partial charge in [-0.3, -0.25) is 10.1 Å². The molecule has 0 aliphatic carbocycles. The maximum absolute atomic E-state index is 10.7. The zero-order valence-electron chi connectivity index (χ0n) is 9.69. The van der Waals surface area contributed by atoms with Crippen molar-refractivity contribution in [2.75, 3.05) is 0 Å². The number of non-ortho nitro benzene ring substituents is 1. The lowest BCUT2D eigenvalue weighted by molar-refractivity contribution is -0.390. The molecule has 0 atom stereocenters. The number of nitrogens with zero attached hydrogens (tertiary/aromatic N) is 4. The van der Waals surface area contributed by atoms with Crippen molar-refractivity contribution in [2.24, 2.45) is 0 Å². The van der Waals surface area contributed by atoms with Crippen LogP contribution in [-0.4, -0.2) is 19.6 Å². The van der Waals surface area contributed by atoms with Gasteiger partial charge in [0.1, 0.15) is 4.47 Å². The number of aromatic nitrogens is 2. The number of halogens is 2. The second-order valence-electron chi connectivity index (χ2n) is 3.79. The summed E-state index contributed by atoms with van der Waals surface area (Å²) >= 11 is 8.97. The van der Waals surface area contributed by atoms with Gasteiger partial charge in [-0.05, 0) is 32.5 Å². The molecule has 104 valence electrons. The lowest BCUT2D eigenvalue weighted by Gasteiger charge is -2.01. The summed E-state index contributed by atoms with van der Waals surface area (Å²) in [5.74, 6) is -0.303. The Morgan fingerprint density at radius 2 is 2.00 bits per heavy atom. The predicted octanol–water partition coefficient (Wildman–Crippen LogP) is 3.16. The maximum atomic E-state index is 10.7. The molecule has 1 aromatic heterocycles. The van der Waals surface area contributed by atoms with Crippen molar-refractivity contribution in [3.05, 3.63) is 59.7 Å². The first kappa shape index (κ1) is 14.4. The third kappa shape index (κ3) is 2.94. The van der Waals surface area contributed by atoms with Gasteiger partial charge >= 0.3 is 5.82 Å². The third-order valence-corrected chi connectivity index (χ3v) is 3.36. The average Bonchev–Trinajstić information content (AvgIpc) is 2.73. The minimum absolute atomic E-state index is 0.119. The van der Waals surface area contributed by atoms with E-state index in [2.05, 4.69) is 21.0 Å². The molecule has 0 N–H and O–H groups in total. The van der Waals surface area contributed by atoms with Crippen LogP contribution in [0.1, 0.15) is 5.56 Å². The van der Waals surface area contributed by atoms with Gasteiger partial charge in [-0.1, -0.05) is 11.6 Å². The van der Waals surface area contributed by atoms with Crippen molar-refractivity contribution in [1.29, 1.82) is 0 Å². The fraction of sp³-hybridized carbons (Fsp3) is 0.100. The van der Waals surface area contributed by atoms with Gasteiger partial charge in [0.2, 0.25) is 0 Å². The molecule has 8 nitrogen and oxygen atoms in total. The Labute approximate surface area is 125 Å². The average molecular weight is 362 g/mol. The molecule has 0 amide bonds. The quantitative estimate of drug-likeness (QED) is 0.614. The van der Waals surface area contributed by atoms with Crippen molar-refractivity contribution >= 4 is 39.0 Å². The number of benzene rings is 1. The first-order chi connectivity index (χ1) is 9.38. The third-order valence-electron chi connectivity index (χ3n) is 2.45. The van der Waals surface area contributed by atoms with Gasteiger partial charge in [-0.2, -0.15) is 4.68 Å². The van der Waals surface area contributed by atoms with E-state index in [1.807, 2.05) is 0 Å². The van der Waals surface area contributed by atoms with Crippen molar-refractivity contribution in [3.63, 3.8) is 0 Å². The van der Waals surface area contributed by atoms with Gasteiger partial charge in [0.15, 0.2) is 0 Å². The van der Waals surface area contributed by atoms with E-state index in [4.69, 9.17) is 11.6 Å². The molecule has 2 rings (SSSR count). The minimum Gasteiger partial charge on any atom is -0.358 e. The number of rotatable bonds is 4. The Bertz CT molecular complexity index is 703. The molecule has 0 bridgehead atoms. The summed E-state index contributed by atoms with van der Waals surface area (Å²) < 4.78 is 1.58. The summed E-state index contributed by atoms with van der Waals surface area (Å²) in [4.78, 5) is 20.1. The van der Waals surface area contributed by atoms with Crippen LogP contribution in [-0.2, 0) is 6.54 Å². The number of nitro benzene ring substituents is 1. The molecule has 10 heteroatoms. The van der Waals surface area contributed by atoms with Gasteiger partial charge in [0.25, 0.3) is 5.69 Å². The topological polar surface area (TPSA) is 104 Å². The van der Waals surface area contributed by atoms with Crippen molar-refractivity contribution < 1.29 is 9.85 Å². The summed E-state index contributed by atoms with van der Waals surface area (Å²) in [7, 11) is 0. The molecular formula is C10H6BrClN4O4. The molecule has 0 saturated heterocycles. The van der Waals surface area contributed by atoms with E-state index < -0.39 is 9.85 Å². The Morgan fingerprint density at radius 1 is 1.30 bits per heavy atom. The molecule has 0 unspecified atom stereocenters. The highest BCUT2D eigenvalue weighted by Gasteiger charge is 2.19. The van der Waals surface area contributed by atoms with Crippen LogP contribution in [0.15, 0.2) is 28.9 Å². The molecule has 1 heterocycles. The maximum Gasteiger partial charge on any atom is 0.404 e. The van der Waals surface area contributed by atoms with Crippen LogP contribution in [0.3, 0.4) is 0 Å². The summed E-state index contributed by atoms with van der Waals surface area (Å²) in [6.45, 7) is 0.170. The molecule has 2 aromatic rings. The second-order valence-corrected chi connectivity index (χ2v) is 5.05. The van der Waals surface area contributed by atoms with Crippen LogP contribution in [0.25, 0.3) is 0 Å². The lowest BCUT2D eigenvalue weighted by atomic mass is 10.2. The van der Waals surface area contributed by atoms with Crippen molar-refractivity contribution in [2.45, 2.75) is 6.54 Å². The van der Waals surface area contributed by atoms with E-state index in [9.17, 15) is 20.2 Å². The molecule has 0 radical (unpaired) electrons. The highest BCUT2D eigenvalue weighted by molar-refractivity contribution is 9.10. The molecule has 0 fully saturated rings. The van der Waals surface area contributed by atoms with Gasteiger partial charge in [0, 0.05) is 12.1 Å². The molecular weight excluding hydrogens is 355 g/mol. The van der Waals surface area contributed by atoms with Crippen LogP contribution >= 0.6 is 27.5 Å². The Hall–Kier alpha value is -2.00. The van der Waals surface area contributed by atoms with E-state index in [0.29, 0.717) is 5.56 Å². The second kappa shape index (κ2) is 5.55. The number of hydrogen-bond donors (Lipinski definition) is 0. The fourth-order valence-electron chi connectivity index (χ4n) is 1.54. The van der Waals surface area contributed by atoms with E-state index in [1.165, 1.54) is 29.1 Å². The predicted molar refractivity (Wildman–Crippen MR) is 73.8 cm³/mol. The SMILES string of the molecule is O=[N+]([O-])c1ccc(Cn2cc(Br)c([N+](=O)[O-])n2)c(Cl)c1. The summed E-state index contributed by atoms with van der Waals surface area (Å²) in [6, 6.07) is 4.03. The Kier molecular flexibility index (Phi) is 4.00. The van der Waals surface area contributed by atoms with Crippen molar-refractivity contribution in [3.8, 4) is 0 Å². The zero-order chi connectivity index (χ0) is 14.9. The van der Waals surface area contributed by atoms with Gasteiger partial charge in [-0.25, -0.2) is 0 Å². The van der Waals surface area contributed by atoms with Crippen molar-refractivity contribution in [1.82, 2.24) is 9.78 Å². The highest BCUT2D eigenvalue weighted by atomic mass is 79.9. The minimum atomic E-state index is -0.613. The van der Waals surface area contributed by atoms with Gasteiger partial charge < -0.3 is 10.1 Å². The summed E-state index contributed by atoms with van der Waals surface area (Å²) in [6.07, 6.45) is 1.44. The van der Waals surface area contributed by atoms with Crippen LogP contribution in [0.2, 0.25) is 5.02 Å².